The van der Waals surface area contributed by atoms with Crippen LogP contribution in [-0.4, -0.2) is 35.3 Å². The predicted octanol–water partition coefficient (Wildman–Crippen LogP) is 5.43. The lowest BCUT2D eigenvalue weighted by Crippen LogP contribution is -2.40. The summed E-state index contributed by atoms with van der Waals surface area (Å²) in [6, 6.07) is 25.5. The number of rotatable bonds is 7. The van der Waals surface area contributed by atoms with Crippen LogP contribution in [0.1, 0.15) is 40.7 Å². The molecule has 35 heavy (non-hydrogen) atoms. The molecule has 1 saturated heterocycles. The van der Waals surface area contributed by atoms with Crippen molar-refractivity contribution < 1.29 is 4.79 Å². The third-order valence-electron chi connectivity index (χ3n) is 7.36. The zero-order valence-corrected chi connectivity index (χ0v) is 21.0. The molecule has 2 heterocycles. The van der Waals surface area contributed by atoms with Crippen LogP contribution in [0, 0.1) is 5.92 Å². The van der Waals surface area contributed by atoms with Gasteiger partial charge in [-0.05, 0) is 72.3 Å². The summed E-state index contributed by atoms with van der Waals surface area (Å²) in [5.41, 5.74) is 6.65. The van der Waals surface area contributed by atoms with Gasteiger partial charge in [0, 0.05) is 43.7 Å². The highest BCUT2D eigenvalue weighted by molar-refractivity contribution is 6.30. The van der Waals surface area contributed by atoms with E-state index in [2.05, 4.69) is 69.7 Å². The third kappa shape index (κ3) is 6.52. The van der Waals surface area contributed by atoms with E-state index in [0.29, 0.717) is 6.54 Å². The van der Waals surface area contributed by atoms with Crippen molar-refractivity contribution in [2.24, 2.45) is 5.92 Å². The number of amides is 1. The molecule has 0 saturated carbocycles. The zero-order valence-electron chi connectivity index (χ0n) is 20.3. The summed E-state index contributed by atoms with van der Waals surface area (Å²) in [5, 5.41) is 3.95. The molecule has 5 heteroatoms. The highest BCUT2D eigenvalue weighted by atomic mass is 35.5. The van der Waals surface area contributed by atoms with Crippen LogP contribution in [0.3, 0.4) is 0 Å². The van der Waals surface area contributed by atoms with E-state index in [1.165, 1.54) is 22.3 Å². The molecule has 2 aliphatic rings. The second-order valence-electron chi connectivity index (χ2n) is 9.94. The predicted molar refractivity (Wildman–Crippen MR) is 142 cm³/mol. The Labute approximate surface area is 213 Å². The summed E-state index contributed by atoms with van der Waals surface area (Å²) < 4.78 is 0. The Bertz CT molecular complexity index is 1140. The average molecular weight is 488 g/mol. The molecule has 4 nitrogen and oxygen atoms in total. The number of carbonyl (C=O) groups excluding carboxylic acids is 1. The van der Waals surface area contributed by atoms with Crippen molar-refractivity contribution >= 4 is 17.5 Å². The Hall–Kier alpha value is -2.66. The lowest BCUT2D eigenvalue weighted by atomic mass is 9.95. The van der Waals surface area contributed by atoms with Gasteiger partial charge in [-0.1, -0.05) is 72.3 Å². The standard InChI is InChI=1S/C30H34ClN3O/c31-29-7-3-4-25(18-29)21-33-15-13-27(14-16-33)30(35)32-19-23-8-10-24(11-9-23)20-34-17-12-26-5-1-2-6-28(26)22-34/h1-11,18,27H,12-17,19-22H2,(H,32,35). The summed E-state index contributed by atoms with van der Waals surface area (Å²) in [6.45, 7) is 6.47. The van der Waals surface area contributed by atoms with Gasteiger partial charge in [0.25, 0.3) is 0 Å². The molecular weight excluding hydrogens is 454 g/mol. The Morgan fingerprint density at radius 1 is 0.800 bits per heavy atom. The molecule has 0 aromatic heterocycles. The second-order valence-corrected chi connectivity index (χ2v) is 10.4. The van der Waals surface area contributed by atoms with Crippen LogP contribution in [0.15, 0.2) is 72.8 Å². The highest BCUT2D eigenvalue weighted by Gasteiger charge is 2.25. The fourth-order valence-electron chi connectivity index (χ4n) is 5.29. The summed E-state index contributed by atoms with van der Waals surface area (Å²) in [5.74, 6) is 0.287. The van der Waals surface area contributed by atoms with Gasteiger partial charge in [0.2, 0.25) is 5.91 Å². The van der Waals surface area contributed by atoms with Crippen molar-refractivity contribution in [3.8, 4) is 0 Å². The molecule has 0 aliphatic carbocycles. The highest BCUT2D eigenvalue weighted by Crippen LogP contribution is 2.22. The van der Waals surface area contributed by atoms with Crippen molar-refractivity contribution in [3.63, 3.8) is 0 Å². The fraction of sp³-hybridized carbons (Fsp3) is 0.367. The molecule has 3 aromatic carbocycles. The molecule has 0 bridgehead atoms. The van der Waals surface area contributed by atoms with Crippen molar-refractivity contribution in [1.29, 1.82) is 0 Å². The number of carbonyl (C=O) groups is 1. The Kier molecular flexibility index (Phi) is 7.82. The molecule has 0 spiro atoms. The number of piperidine rings is 1. The van der Waals surface area contributed by atoms with Gasteiger partial charge in [0.15, 0.2) is 0 Å². The molecule has 182 valence electrons. The van der Waals surface area contributed by atoms with Gasteiger partial charge in [0.1, 0.15) is 0 Å². The maximum Gasteiger partial charge on any atom is 0.223 e. The molecule has 3 aromatic rings. The van der Waals surface area contributed by atoms with Gasteiger partial charge in [-0.25, -0.2) is 0 Å². The number of nitrogens with one attached hydrogen (secondary N) is 1. The Balaban J connectivity index is 1.04. The number of hydrogen-bond acceptors (Lipinski definition) is 3. The van der Waals surface area contributed by atoms with Crippen LogP contribution in [-0.2, 0) is 37.4 Å². The number of nitrogens with zero attached hydrogens (tertiary/aromatic N) is 2. The zero-order chi connectivity index (χ0) is 24.0. The largest absolute Gasteiger partial charge is 0.352 e. The number of benzene rings is 3. The van der Waals surface area contributed by atoms with E-state index in [1.54, 1.807) is 0 Å². The molecule has 1 fully saturated rings. The molecule has 1 amide bonds. The van der Waals surface area contributed by atoms with Crippen molar-refractivity contribution in [2.45, 2.75) is 45.4 Å². The number of hydrogen-bond donors (Lipinski definition) is 1. The molecule has 0 atom stereocenters. The molecule has 1 N–H and O–H groups in total. The SMILES string of the molecule is O=C(NCc1ccc(CN2CCc3ccccc3C2)cc1)C1CCN(Cc2cccc(Cl)c2)CC1. The first kappa shape index (κ1) is 24.1. The van der Waals surface area contributed by atoms with Gasteiger partial charge in [0.05, 0.1) is 0 Å². The first-order valence-corrected chi connectivity index (χ1v) is 13.1. The summed E-state index contributed by atoms with van der Waals surface area (Å²) >= 11 is 6.11. The minimum absolute atomic E-state index is 0.104. The van der Waals surface area contributed by atoms with Gasteiger partial charge in [-0.2, -0.15) is 0 Å². The topological polar surface area (TPSA) is 35.6 Å². The number of likely N-dealkylation sites (tertiary alicyclic amines) is 1. The van der Waals surface area contributed by atoms with Crippen molar-refractivity contribution in [3.05, 3.63) is 106 Å². The van der Waals surface area contributed by atoms with Crippen LogP contribution in [0.5, 0.6) is 0 Å². The van der Waals surface area contributed by atoms with E-state index < -0.39 is 0 Å². The molecule has 5 rings (SSSR count). The number of halogens is 1. The van der Waals surface area contributed by atoms with E-state index >= 15 is 0 Å². The Morgan fingerprint density at radius 2 is 1.51 bits per heavy atom. The van der Waals surface area contributed by atoms with Crippen LogP contribution in [0.4, 0.5) is 0 Å². The minimum atomic E-state index is 0.104. The average Bonchev–Trinajstić information content (AvgIpc) is 2.88. The quantitative estimate of drug-likeness (QED) is 0.483. The maximum atomic E-state index is 12.8. The third-order valence-corrected chi connectivity index (χ3v) is 7.59. The van der Waals surface area contributed by atoms with Crippen molar-refractivity contribution in [2.75, 3.05) is 19.6 Å². The molecule has 2 aliphatic heterocycles. The molecule has 0 radical (unpaired) electrons. The molecule has 0 unspecified atom stereocenters. The van der Waals surface area contributed by atoms with Gasteiger partial charge >= 0.3 is 0 Å². The van der Waals surface area contributed by atoms with E-state index in [1.807, 2.05) is 18.2 Å². The first-order chi connectivity index (χ1) is 17.1. The van der Waals surface area contributed by atoms with Gasteiger partial charge < -0.3 is 5.32 Å². The number of fused-ring (bicyclic) bond motifs is 1. The summed E-state index contributed by atoms with van der Waals surface area (Å²) in [4.78, 5) is 17.7. The molecular formula is C30H34ClN3O. The fourth-order valence-corrected chi connectivity index (χ4v) is 5.50. The second kappa shape index (κ2) is 11.4. The normalized spacial score (nSPS) is 17.2. The van der Waals surface area contributed by atoms with Crippen LogP contribution < -0.4 is 5.32 Å². The first-order valence-electron chi connectivity index (χ1n) is 12.7. The van der Waals surface area contributed by atoms with Gasteiger partial charge in [-0.15, -0.1) is 0 Å². The van der Waals surface area contributed by atoms with Crippen LogP contribution in [0.2, 0.25) is 5.02 Å². The monoisotopic (exact) mass is 487 g/mol. The summed E-state index contributed by atoms with van der Waals surface area (Å²) in [6.07, 6.45) is 2.94. The van der Waals surface area contributed by atoms with E-state index in [9.17, 15) is 4.79 Å². The minimum Gasteiger partial charge on any atom is -0.352 e. The van der Waals surface area contributed by atoms with Crippen LogP contribution >= 0.6 is 11.6 Å². The lowest BCUT2D eigenvalue weighted by Gasteiger charge is -2.31. The smallest absolute Gasteiger partial charge is 0.223 e. The summed E-state index contributed by atoms with van der Waals surface area (Å²) in [7, 11) is 0. The van der Waals surface area contributed by atoms with E-state index in [-0.39, 0.29) is 11.8 Å². The van der Waals surface area contributed by atoms with Gasteiger partial charge in [-0.3, -0.25) is 14.6 Å². The maximum absolute atomic E-state index is 12.8. The van der Waals surface area contributed by atoms with E-state index in [4.69, 9.17) is 11.6 Å². The lowest BCUT2D eigenvalue weighted by molar-refractivity contribution is -0.126. The Morgan fingerprint density at radius 3 is 2.29 bits per heavy atom. The van der Waals surface area contributed by atoms with Crippen molar-refractivity contribution in [1.82, 2.24) is 15.1 Å². The van der Waals surface area contributed by atoms with Crippen LogP contribution in [0.25, 0.3) is 0 Å². The van der Waals surface area contributed by atoms with E-state index in [0.717, 1.165) is 69.1 Å².